The zero-order chi connectivity index (χ0) is 14.4. The molecule has 0 amide bonds. The Balaban J connectivity index is 2.02. The third-order valence-corrected chi connectivity index (χ3v) is 4.38. The zero-order valence-electron chi connectivity index (χ0n) is 11.5. The molecule has 2 heterocycles. The lowest BCUT2D eigenvalue weighted by atomic mass is 10.00. The van der Waals surface area contributed by atoms with E-state index in [2.05, 4.69) is 9.97 Å². The van der Waals surface area contributed by atoms with Crippen molar-refractivity contribution in [2.45, 2.75) is 44.6 Å². The quantitative estimate of drug-likeness (QED) is 0.739. The van der Waals surface area contributed by atoms with E-state index in [0.717, 1.165) is 16.7 Å². The van der Waals surface area contributed by atoms with Gasteiger partial charge in [-0.3, -0.25) is 0 Å². The molecule has 20 heavy (non-hydrogen) atoms. The lowest BCUT2D eigenvalue weighted by molar-refractivity contribution is -0.0212. The van der Waals surface area contributed by atoms with Crippen LogP contribution in [0.15, 0.2) is 18.6 Å². The van der Waals surface area contributed by atoms with Gasteiger partial charge in [-0.25, -0.2) is 9.97 Å². The average Bonchev–Trinajstić information content (AvgIpc) is 2.94. The number of aromatic nitrogens is 3. The summed E-state index contributed by atoms with van der Waals surface area (Å²) in [5, 5.41) is 31.0. The monoisotopic (exact) mass is 277 g/mol. The second-order valence-electron chi connectivity index (χ2n) is 5.61. The summed E-state index contributed by atoms with van der Waals surface area (Å²) in [4.78, 5) is 8.42. The largest absolute Gasteiger partial charge is 0.393 e. The van der Waals surface area contributed by atoms with Gasteiger partial charge >= 0.3 is 0 Å². The molecular weight excluding hydrogens is 258 g/mol. The minimum absolute atomic E-state index is 0.281. The van der Waals surface area contributed by atoms with Gasteiger partial charge in [-0.2, -0.15) is 0 Å². The molecule has 1 unspecified atom stereocenters. The van der Waals surface area contributed by atoms with Crippen LogP contribution in [0.3, 0.4) is 0 Å². The fourth-order valence-corrected chi connectivity index (χ4v) is 3.16. The SMILES string of the molecule is Cc1ncnc2c1ccn2[C@@H]1C[C@H](C(C)O)[C@@H](O)[C@H]1O. The summed E-state index contributed by atoms with van der Waals surface area (Å²) >= 11 is 0. The fourth-order valence-electron chi connectivity index (χ4n) is 3.16. The summed E-state index contributed by atoms with van der Waals surface area (Å²) in [5.74, 6) is -0.324. The molecule has 0 aromatic carbocycles. The van der Waals surface area contributed by atoms with Gasteiger partial charge in [-0.1, -0.05) is 0 Å². The Kier molecular flexibility index (Phi) is 3.24. The molecule has 0 spiro atoms. The van der Waals surface area contributed by atoms with Crippen LogP contribution < -0.4 is 0 Å². The van der Waals surface area contributed by atoms with Crippen molar-refractivity contribution >= 4 is 11.0 Å². The summed E-state index contributed by atoms with van der Waals surface area (Å²) in [6, 6.07) is 1.64. The van der Waals surface area contributed by atoms with Crippen LogP contribution in [-0.2, 0) is 0 Å². The molecule has 0 saturated heterocycles. The molecular formula is C14H19N3O3. The topological polar surface area (TPSA) is 91.4 Å². The van der Waals surface area contributed by atoms with E-state index in [1.165, 1.54) is 6.33 Å². The second-order valence-corrected chi connectivity index (χ2v) is 5.61. The van der Waals surface area contributed by atoms with E-state index >= 15 is 0 Å². The number of rotatable bonds is 2. The van der Waals surface area contributed by atoms with Crippen LogP contribution in [0.5, 0.6) is 0 Å². The molecule has 1 aliphatic rings. The van der Waals surface area contributed by atoms with Gasteiger partial charge in [0.25, 0.3) is 0 Å². The van der Waals surface area contributed by atoms with Crippen LogP contribution in [0, 0.1) is 12.8 Å². The van der Waals surface area contributed by atoms with E-state index in [0.29, 0.717) is 6.42 Å². The van der Waals surface area contributed by atoms with E-state index in [9.17, 15) is 15.3 Å². The summed E-state index contributed by atoms with van der Waals surface area (Å²) in [6.07, 6.45) is 1.41. The van der Waals surface area contributed by atoms with Gasteiger partial charge < -0.3 is 19.9 Å². The van der Waals surface area contributed by atoms with E-state index < -0.39 is 18.3 Å². The van der Waals surface area contributed by atoms with Crippen molar-refractivity contribution in [2.75, 3.05) is 0 Å². The first-order chi connectivity index (χ1) is 9.50. The molecule has 0 bridgehead atoms. The van der Waals surface area contributed by atoms with E-state index in [4.69, 9.17) is 0 Å². The van der Waals surface area contributed by atoms with E-state index in [-0.39, 0.29) is 12.0 Å². The van der Waals surface area contributed by atoms with Crippen molar-refractivity contribution in [2.24, 2.45) is 5.92 Å². The van der Waals surface area contributed by atoms with Crippen molar-refractivity contribution < 1.29 is 15.3 Å². The molecule has 1 fully saturated rings. The van der Waals surface area contributed by atoms with Gasteiger partial charge in [0.1, 0.15) is 18.1 Å². The van der Waals surface area contributed by atoms with Crippen molar-refractivity contribution in [3.8, 4) is 0 Å². The molecule has 1 saturated carbocycles. The van der Waals surface area contributed by atoms with Crippen molar-refractivity contribution in [1.29, 1.82) is 0 Å². The highest BCUT2D eigenvalue weighted by molar-refractivity contribution is 5.78. The molecule has 6 nitrogen and oxygen atoms in total. The lowest BCUT2D eigenvalue weighted by Crippen LogP contribution is -2.32. The maximum Gasteiger partial charge on any atom is 0.143 e. The van der Waals surface area contributed by atoms with Gasteiger partial charge in [0, 0.05) is 17.5 Å². The van der Waals surface area contributed by atoms with Crippen LogP contribution >= 0.6 is 0 Å². The first-order valence-corrected chi connectivity index (χ1v) is 6.83. The molecule has 2 aromatic rings. The summed E-state index contributed by atoms with van der Waals surface area (Å²) < 4.78 is 1.88. The number of hydrogen-bond donors (Lipinski definition) is 3. The zero-order valence-corrected chi connectivity index (χ0v) is 11.5. The van der Waals surface area contributed by atoms with Gasteiger partial charge in [-0.15, -0.1) is 0 Å². The Morgan fingerprint density at radius 2 is 2.05 bits per heavy atom. The minimum Gasteiger partial charge on any atom is -0.393 e. The van der Waals surface area contributed by atoms with Crippen LogP contribution in [0.25, 0.3) is 11.0 Å². The minimum atomic E-state index is -0.916. The Labute approximate surface area is 116 Å². The molecule has 0 aliphatic heterocycles. The molecule has 2 aromatic heterocycles. The van der Waals surface area contributed by atoms with Gasteiger partial charge in [-0.05, 0) is 26.3 Å². The number of nitrogens with zero attached hydrogens (tertiary/aromatic N) is 3. The van der Waals surface area contributed by atoms with Gasteiger partial charge in [0.15, 0.2) is 0 Å². The van der Waals surface area contributed by atoms with Crippen molar-refractivity contribution in [3.63, 3.8) is 0 Å². The third-order valence-electron chi connectivity index (χ3n) is 4.38. The maximum absolute atomic E-state index is 10.3. The first-order valence-electron chi connectivity index (χ1n) is 6.83. The van der Waals surface area contributed by atoms with Crippen LogP contribution in [-0.4, -0.2) is 48.2 Å². The smallest absolute Gasteiger partial charge is 0.143 e. The molecule has 108 valence electrons. The average molecular weight is 277 g/mol. The third kappa shape index (κ3) is 1.91. The highest BCUT2D eigenvalue weighted by Crippen LogP contribution is 2.38. The molecule has 3 rings (SSSR count). The predicted molar refractivity (Wildman–Crippen MR) is 73.1 cm³/mol. The molecule has 3 N–H and O–H groups in total. The number of aliphatic hydroxyl groups excluding tert-OH is 3. The second kappa shape index (κ2) is 4.80. The predicted octanol–water partition coefficient (Wildman–Crippen LogP) is 0.403. The normalized spacial score (nSPS) is 31.9. The Hall–Kier alpha value is -1.50. The van der Waals surface area contributed by atoms with E-state index in [1.54, 1.807) is 6.92 Å². The highest BCUT2D eigenvalue weighted by atomic mass is 16.3. The van der Waals surface area contributed by atoms with Crippen LogP contribution in [0.1, 0.15) is 25.1 Å². The molecule has 1 aliphatic carbocycles. The Morgan fingerprint density at radius 1 is 1.30 bits per heavy atom. The van der Waals surface area contributed by atoms with E-state index in [1.807, 2.05) is 23.8 Å². The first kappa shape index (κ1) is 13.5. The lowest BCUT2D eigenvalue weighted by Gasteiger charge is -2.19. The van der Waals surface area contributed by atoms with Gasteiger partial charge in [0.05, 0.1) is 23.9 Å². The van der Waals surface area contributed by atoms with Gasteiger partial charge in [0.2, 0.25) is 0 Å². The number of aliphatic hydroxyl groups is 3. The molecule has 5 atom stereocenters. The Bertz CT molecular complexity index is 625. The summed E-state index contributed by atoms with van der Waals surface area (Å²) in [6.45, 7) is 3.55. The number of aryl methyl sites for hydroxylation is 1. The Morgan fingerprint density at radius 3 is 2.70 bits per heavy atom. The standard InChI is InChI=1S/C14H19N3O3/c1-7-9-3-4-17(14(9)16-6-15-7)11-5-10(8(2)18)12(19)13(11)20/h3-4,6,8,10-13,18-20H,5H2,1-2H3/t8?,10-,11-,12-,13+/m1/s1. The highest BCUT2D eigenvalue weighted by Gasteiger charge is 2.44. The summed E-state index contributed by atoms with van der Waals surface area (Å²) in [7, 11) is 0. The van der Waals surface area contributed by atoms with Crippen LogP contribution in [0.2, 0.25) is 0 Å². The van der Waals surface area contributed by atoms with Crippen LogP contribution in [0.4, 0.5) is 0 Å². The molecule has 6 heteroatoms. The number of hydrogen-bond acceptors (Lipinski definition) is 5. The molecule has 0 radical (unpaired) electrons. The number of fused-ring (bicyclic) bond motifs is 1. The maximum atomic E-state index is 10.3. The summed E-state index contributed by atoms with van der Waals surface area (Å²) in [5.41, 5.74) is 1.63. The fraction of sp³-hybridized carbons (Fsp3) is 0.571. The van der Waals surface area contributed by atoms with Crippen molar-refractivity contribution in [1.82, 2.24) is 14.5 Å². The van der Waals surface area contributed by atoms with Crippen molar-refractivity contribution in [3.05, 3.63) is 24.3 Å².